The Bertz CT molecular complexity index is 710. The molecule has 22 heavy (non-hydrogen) atoms. The molecular weight excluding hydrogens is 294 g/mol. The van der Waals surface area contributed by atoms with E-state index in [1.165, 1.54) is 5.56 Å². The fraction of sp³-hybridized carbons (Fsp3) is 0.176. The maximum absolute atomic E-state index is 5.17. The van der Waals surface area contributed by atoms with Crippen molar-refractivity contribution < 1.29 is 4.74 Å². The minimum atomic E-state index is 0.889. The van der Waals surface area contributed by atoms with Crippen molar-refractivity contribution in [3.8, 4) is 11.4 Å². The van der Waals surface area contributed by atoms with E-state index in [0.29, 0.717) is 0 Å². The number of methoxy groups -OCH3 is 1. The maximum Gasteiger partial charge on any atom is 0.195 e. The Hall–Kier alpha value is -2.27. The number of hydrogen-bond donors (Lipinski definition) is 0. The van der Waals surface area contributed by atoms with Gasteiger partial charge in [0.25, 0.3) is 0 Å². The molecular formula is C17H17N3OS. The summed E-state index contributed by atoms with van der Waals surface area (Å²) in [6, 6.07) is 18.3. The van der Waals surface area contributed by atoms with Gasteiger partial charge in [0.1, 0.15) is 12.1 Å². The van der Waals surface area contributed by atoms with E-state index in [1.54, 1.807) is 25.2 Å². The molecule has 0 aliphatic heterocycles. The van der Waals surface area contributed by atoms with Gasteiger partial charge in [-0.1, -0.05) is 42.1 Å². The van der Waals surface area contributed by atoms with Crippen LogP contribution in [0, 0.1) is 0 Å². The van der Waals surface area contributed by atoms with Crippen LogP contribution in [0.25, 0.3) is 5.69 Å². The molecule has 1 heterocycles. The molecule has 2 aromatic carbocycles. The number of rotatable bonds is 6. The number of nitrogens with zero attached hydrogens (tertiary/aromatic N) is 3. The zero-order valence-electron chi connectivity index (χ0n) is 12.3. The molecule has 1 aromatic heterocycles. The van der Waals surface area contributed by atoms with Crippen LogP contribution in [-0.2, 0) is 6.42 Å². The van der Waals surface area contributed by atoms with Crippen LogP contribution in [0.4, 0.5) is 0 Å². The molecule has 0 saturated heterocycles. The summed E-state index contributed by atoms with van der Waals surface area (Å²) in [5, 5.41) is 9.15. The van der Waals surface area contributed by atoms with Crippen molar-refractivity contribution in [1.29, 1.82) is 0 Å². The first-order valence-corrected chi connectivity index (χ1v) is 8.06. The second-order valence-corrected chi connectivity index (χ2v) is 5.83. The third-order valence-electron chi connectivity index (χ3n) is 3.33. The first-order valence-electron chi connectivity index (χ1n) is 7.08. The maximum atomic E-state index is 5.17. The Morgan fingerprint density at radius 2 is 1.82 bits per heavy atom. The van der Waals surface area contributed by atoms with Crippen molar-refractivity contribution >= 4 is 11.8 Å². The van der Waals surface area contributed by atoms with Crippen LogP contribution in [0.3, 0.4) is 0 Å². The van der Waals surface area contributed by atoms with Crippen LogP contribution >= 0.6 is 11.8 Å². The van der Waals surface area contributed by atoms with Crippen LogP contribution in [0.5, 0.6) is 5.75 Å². The van der Waals surface area contributed by atoms with Gasteiger partial charge in [0, 0.05) is 11.4 Å². The fourth-order valence-corrected chi connectivity index (χ4v) is 3.06. The summed E-state index contributed by atoms with van der Waals surface area (Å²) in [4.78, 5) is 0. The Morgan fingerprint density at radius 1 is 1.05 bits per heavy atom. The first-order chi connectivity index (χ1) is 10.9. The van der Waals surface area contributed by atoms with Gasteiger partial charge in [0.05, 0.1) is 7.11 Å². The summed E-state index contributed by atoms with van der Waals surface area (Å²) in [6.07, 6.45) is 2.74. The van der Waals surface area contributed by atoms with E-state index in [2.05, 4.69) is 34.5 Å². The highest BCUT2D eigenvalue weighted by molar-refractivity contribution is 7.99. The van der Waals surface area contributed by atoms with E-state index in [9.17, 15) is 0 Å². The highest BCUT2D eigenvalue weighted by atomic mass is 32.2. The van der Waals surface area contributed by atoms with Crippen LogP contribution in [-0.4, -0.2) is 27.6 Å². The summed E-state index contributed by atoms with van der Waals surface area (Å²) in [7, 11) is 1.68. The highest BCUT2D eigenvalue weighted by Gasteiger charge is 2.06. The number of hydrogen-bond acceptors (Lipinski definition) is 4. The molecule has 3 aromatic rings. The van der Waals surface area contributed by atoms with Gasteiger partial charge in [-0.25, -0.2) is 0 Å². The number of ether oxygens (including phenoxy) is 1. The lowest BCUT2D eigenvalue weighted by atomic mass is 10.2. The molecule has 0 fully saturated rings. The number of thioether (sulfide) groups is 1. The number of aromatic nitrogens is 3. The number of aryl methyl sites for hydroxylation is 1. The Kier molecular flexibility index (Phi) is 4.75. The molecule has 4 nitrogen and oxygen atoms in total. The van der Waals surface area contributed by atoms with E-state index in [0.717, 1.165) is 28.8 Å². The molecule has 0 amide bonds. The molecule has 0 unspecified atom stereocenters. The van der Waals surface area contributed by atoms with E-state index in [-0.39, 0.29) is 0 Å². The minimum Gasteiger partial charge on any atom is -0.497 e. The van der Waals surface area contributed by atoms with Gasteiger partial charge in [-0.15, -0.1) is 10.2 Å². The molecule has 0 radical (unpaired) electrons. The quantitative estimate of drug-likeness (QED) is 0.652. The van der Waals surface area contributed by atoms with E-state index in [4.69, 9.17) is 4.74 Å². The number of benzene rings is 2. The Morgan fingerprint density at radius 3 is 2.55 bits per heavy atom. The molecule has 0 spiro atoms. The second kappa shape index (κ2) is 7.13. The van der Waals surface area contributed by atoms with Gasteiger partial charge in [-0.05, 0) is 36.2 Å². The van der Waals surface area contributed by atoms with Crippen LogP contribution < -0.4 is 4.74 Å². The van der Waals surface area contributed by atoms with Gasteiger partial charge >= 0.3 is 0 Å². The van der Waals surface area contributed by atoms with E-state index >= 15 is 0 Å². The summed E-state index contributed by atoms with van der Waals surface area (Å²) >= 11 is 1.71. The molecule has 3 rings (SSSR count). The average molecular weight is 311 g/mol. The van der Waals surface area contributed by atoms with Crippen molar-refractivity contribution in [3.05, 3.63) is 66.5 Å². The predicted molar refractivity (Wildman–Crippen MR) is 88.8 cm³/mol. The molecule has 0 N–H and O–H groups in total. The summed E-state index contributed by atoms with van der Waals surface area (Å²) < 4.78 is 7.18. The number of para-hydroxylation sites is 1. The smallest absolute Gasteiger partial charge is 0.195 e. The monoisotopic (exact) mass is 311 g/mol. The van der Waals surface area contributed by atoms with E-state index < -0.39 is 0 Å². The molecule has 112 valence electrons. The van der Waals surface area contributed by atoms with Gasteiger partial charge in [-0.2, -0.15) is 0 Å². The van der Waals surface area contributed by atoms with Crippen LogP contribution in [0.15, 0.2) is 66.1 Å². The fourth-order valence-electron chi connectivity index (χ4n) is 2.14. The van der Waals surface area contributed by atoms with E-state index in [1.807, 2.05) is 34.9 Å². The van der Waals surface area contributed by atoms with Crippen molar-refractivity contribution in [2.45, 2.75) is 11.6 Å². The largest absolute Gasteiger partial charge is 0.497 e. The lowest BCUT2D eigenvalue weighted by Crippen LogP contribution is -1.96. The molecule has 0 bridgehead atoms. The minimum absolute atomic E-state index is 0.889. The summed E-state index contributed by atoms with van der Waals surface area (Å²) in [5.74, 6) is 1.85. The van der Waals surface area contributed by atoms with Gasteiger partial charge in [0.2, 0.25) is 0 Å². The topological polar surface area (TPSA) is 39.9 Å². The molecule has 0 aliphatic carbocycles. The average Bonchev–Trinajstić information content (AvgIpc) is 3.05. The zero-order chi connectivity index (χ0) is 15.2. The summed E-state index contributed by atoms with van der Waals surface area (Å²) in [6.45, 7) is 0. The van der Waals surface area contributed by atoms with Crippen LogP contribution in [0.1, 0.15) is 5.56 Å². The van der Waals surface area contributed by atoms with Gasteiger partial charge in [-0.3, -0.25) is 4.57 Å². The van der Waals surface area contributed by atoms with Crippen molar-refractivity contribution in [2.75, 3.05) is 12.9 Å². The SMILES string of the molecule is COc1ccc(CCSc2nncn2-c2ccccc2)cc1. The highest BCUT2D eigenvalue weighted by Crippen LogP contribution is 2.21. The van der Waals surface area contributed by atoms with Crippen LogP contribution in [0.2, 0.25) is 0 Å². The summed E-state index contributed by atoms with van der Waals surface area (Å²) in [5.41, 5.74) is 2.37. The normalized spacial score (nSPS) is 10.6. The van der Waals surface area contributed by atoms with Crippen molar-refractivity contribution in [3.63, 3.8) is 0 Å². The third-order valence-corrected chi connectivity index (χ3v) is 4.28. The lowest BCUT2D eigenvalue weighted by molar-refractivity contribution is 0.414. The first kappa shape index (κ1) is 14.7. The molecule has 5 heteroatoms. The molecule has 0 saturated carbocycles. The Balaban J connectivity index is 1.61. The standard InChI is InChI=1S/C17H17N3OS/c1-21-16-9-7-14(8-10-16)11-12-22-17-19-18-13-20(17)15-5-3-2-4-6-15/h2-10,13H,11-12H2,1H3. The van der Waals surface area contributed by atoms with Gasteiger partial charge in [0.15, 0.2) is 5.16 Å². The second-order valence-electron chi connectivity index (χ2n) is 4.77. The molecule has 0 atom stereocenters. The predicted octanol–water partition coefficient (Wildman–Crippen LogP) is 3.61. The zero-order valence-corrected chi connectivity index (χ0v) is 13.2. The molecule has 0 aliphatic rings. The van der Waals surface area contributed by atoms with Crippen molar-refractivity contribution in [1.82, 2.24) is 14.8 Å². The van der Waals surface area contributed by atoms with Gasteiger partial charge < -0.3 is 4.74 Å². The Labute approximate surface area is 134 Å². The van der Waals surface area contributed by atoms with Crippen molar-refractivity contribution in [2.24, 2.45) is 0 Å². The third kappa shape index (κ3) is 3.49. The lowest BCUT2D eigenvalue weighted by Gasteiger charge is -2.06.